The van der Waals surface area contributed by atoms with Gasteiger partial charge in [-0.25, -0.2) is 18.4 Å². The minimum Gasteiger partial charge on any atom is -0.345 e. The van der Waals surface area contributed by atoms with Crippen molar-refractivity contribution in [1.29, 1.82) is 0 Å². The van der Waals surface area contributed by atoms with Crippen LogP contribution in [0, 0.1) is 6.92 Å². The molecule has 0 aliphatic carbocycles. The van der Waals surface area contributed by atoms with Gasteiger partial charge in [-0.2, -0.15) is 0 Å². The molecule has 3 rings (SSSR count). The molecule has 118 valence electrons. The fraction of sp³-hybridized carbons (Fsp3) is 0.200. The van der Waals surface area contributed by atoms with Gasteiger partial charge in [0.05, 0.1) is 23.1 Å². The zero-order valence-corrected chi connectivity index (χ0v) is 13.1. The molecule has 0 bridgehead atoms. The van der Waals surface area contributed by atoms with Gasteiger partial charge >= 0.3 is 0 Å². The minimum absolute atomic E-state index is 0.119. The molecule has 8 heteroatoms. The maximum atomic E-state index is 12.2. The van der Waals surface area contributed by atoms with E-state index in [9.17, 15) is 13.2 Å². The molecule has 1 atom stereocenters. The number of pyridine rings is 1. The van der Waals surface area contributed by atoms with Gasteiger partial charge in [-0.15, -0.1) is 0 Å². The number of nitrogens with zero attached hydrogens (tertiary/aromatic N) is 3. The van der Waals surface area contributed by atoms with Crippen molar-refractivity contribution in [2.45, 2.75) is 13.0 Å². The summed E-state index contributed by atoms with van der Waals surface area (Å²) in [5.41, 5.74) is 1.59. The van der Waals surface area contributed by atoms with Crippen molar-refractivity contribution in [3.8, 4) is 11.4 Å². The van der Waals surface area contributed by atoms with Crippen LogP contribution in [0.15, 0.2) is 42.2 Å². The van der Waals surface area contributed by atoms with Crippen molar-refractivity contribution in [2.75, 3.05) is 5.75 Å². The molecule has 1 N–H and O–H groups in total. The number of carbonyl (C=O) groups excluding carboxylic acids is 1. The Morgan fingerprint density at radius 2 is 2.17 bits per heavy atom. The molecule has 7 nitrogen and oxygen atoms in total. The molecule has 1 aliphatic rings. The van der Waals surface area contributed by atoms with Gasteiger partial charge in [0.1, 0.15) is 0 Å². The Balaban J connectivity index is 1.78. The fourth-order valence-electron chi connectivity index (χ4n) is 2.24. The van der Waals surface area contributed by atoms with Crippen molar-refractivity contribution in [1.82, 2.24) is 20.3 Å². The van der Waals surface area contributed by atoms with Crippen LogP contribution in [0.25, 0.3) is 11.4 Å². The Kier molecular flexibility index (Phi) is 3.91. The van der Waals surface area contributed by atoms with Crippen LogP contribution in [0.3, 0.4) is 0 Å². The lowest BCUT2D eigenvalue weighted by atomic mass is 10.2. The van der Waals surface area contributed by atoms with Crippen molar-refractivity contribution >= 4 is 15.7 Å². The molecule has 0 radical (unpaired) electrons. The lowest BCUT2D eigenvalue weighted by molar-refractivity contribution is 0.0946. The maximum absolute atomic E-state index is 12.2. The SMILES string of the molecule is Cc1nc(-c2cccnc2)ncc1C(=O)NC1C=CS(=O)(=O)C1. The molecule has 0 saturated carbocycles. The predicted molar refractivity (Wildman–Crippen MR) is 84.2 cm³/mol. The summed E-state index contributed by atoms with van der Waals surface area (Å²) in [5.74, 6) is -0.0330. The molecular formula is C15H14N4O3S. The topological polar surface area (TPSA) is 102 Å². The number of nitrogens with one attached hydrogen (secondary N) is 1. The van der Waals surface area contributed by atoms with Crippen LogP contribution >= 0.6 is 0 Å². The maximum Gasteiger partial charge on any atom is 0.255 e. The van der Waals surface area contributed by atoms with Crippen LogP contribution in [0.2, 0.25) is 0 Å². The molecule has 3 heterocycles. The summed E-state index contributed by atoms with van der Waals surface area (Å²) in [6.45, 7) is 1.71. The van der Waals surface area contributed by atoms with Crippen molar-refractivity contribution in [3.05, 3.63) is 53.5 Å². The summed E-state index contributed by atoms with van der Waals surface area (Å²) >= 11 is 0. The van der Waals surface area contributed by atoms with E-state index in [-0.39, 0.29) is 5.75 Å². The highest BCUT2D eigenvalue weighted by atomic mass is 32.2. The van der Waals surface area contributed by atoms with Crippen LogP contribution in [-0.4, -0.2) is 41.1 Å². The van der Waals surface area contributed by atoms with Crippen LogP contribution in [-0.2, 0) is 9.84 Å². The van der Waals surface area contributed by atoms with E-state index in [4.69, 9.17) is 0 Å². The molecular weight excluding hydrogens is 316 g/mol. The Bertz CT molecular complexity index is 879. The number of amides is 1. The van der Waals surface area contributed by atoms with E-state index in [1.54, 1.807) is 25.4 Å². The summed E-state index contributed by atoms with van der Waals surface area (Å²) < 4.78 is 22.7. The number of aromatic nitrogens is 3. The predicted octanol–water partition coefficient (Wildman–Crippen LogP) is 0.888. The summed E-state index contributed by atoms with van der Waals surface area (Å²) in [7, 11) is -3.21. The Morgan fingerprint density at radius 1 is 1.35 bits per heavy atom. The van der Waals surface area contributed by atoms with Crippen molar-refractivity contribution < 1.29 is 13.2 Å². The lowest BCUT2D eigenvalue weighted by Crippen LogP contribution is -2.36. The Labute approximate surface area is 133 Å². The van der Waals surface area contributed by atoms with Gasteiger partial charge in [-0.1, -0.05) is 0 Å². The highest BCUT2D eigenvalue weighted by molar-refractivity contribution is 7.94. The molecule has 23 heavy (non-hydrogen) atoms. The second kappa shape index (κ2) is 5.88. The third-order valence-corrected chi connectivity index (χ3v) is 4.79. The van der Waals surface area contributed by atoms with Gasteiger partial charge in [0.15, 0.2) is 15.7 Å². The van der Waals surface area contributed by atoms with Crippen LogP contribution in [0.1, 0.15) is 16.1 Å². The van der Waals surface area contributed by atoms with E-state index >= 15 is 0 Å². The zero-order chi connectivity index (χ0) is 16.4. The number of hydrogen-bond donors (Lipinski definition) is 1. The molecule has 1 unspecified atom stereocenters. The molecule has 2 aromatic rings. The van der Waals surface area contributed by atoms with Gasteiger partial charge < -0.3 is 5.32 Å². The second-order valence-corrected chi connectivity index (χ2v) is 7.10. The quantitative estimate of drug-likeness (QED) is 0.896. The summed E-state index contributed by atoms with van der Waals surface area (Å²) in [6.07, 6.45) is 6.20. The first-order valence-corrected chi connectivity index (χ1v) is 8.62. The highest BCUT2D eigenvalue weighted by Crippen LogP contribution is 2.15. The zero-order valence-electron chi connectivity index (χ0n) is 12.3. The van der Waals surface area contributed by atoms with Crippen LogP contribution < -0.4 is 5.32 Å². The van der Waals surface area contributed by atoms with Gasteiger partial charge in [-0.05, 0) is 25.1 Å². The normalized spacial score (nSPS) is 18.7. The van der Waals surface area contributed by atoms with Crippen LogP contribution in [0.4, 0.5) is 0 Å². The monoisotopic (exact) mass is 330 g/mol. The van der Waals surface area contributed by atoms with E-state index in [0.29, 0.717) is 17.1 Å². The van der Waals surface area contributed by atoms with E-state index < -0.39 is 21.8 Å². The third-order valence-electron chi connectivity index (χ3n) is 3.39. The summed E-state index contributed by atoms with van der Waals surface area (Å²) in [6, 6.07) is 3.09. The minimum atomic E-state index is -3.21. The molecule has 0 fully saturated rings. The standard InChI is InChI=1S/C15H14N4O3S/c1-10-13(15(20)19-12-4-6-23(21,22)9-12)8-17-14(18-10)11-3-2-5-16-7-11/h2-8,12H,9H2,1H3,(H,19,20). The molecule has 0 saturated heterocycles. The number of hydrogen-bond acceptors (Lipinski definition) is 6. The van der Waals surface area contributed by atoms with Gasteiger partial charge in [0.25, 0.3) is 5.91 Å². The van der Waals surface area contributed by atoms with Gasteiger partial charge in [-0.3, -0.25) is 9.78 Å². The number of aryl methyl sites for hydroxylation is 1. The summed E-state index contributed by atoms with van der Waals surface area (Å²) in [5, 5.41) is 3.77. The molecule has 0 aromatic carbocycles. The molecule has 1 aliphatic heterocycles. The second-order valence-electron chi connectivity index (χ2n) is 5.17. The van der Waals surface area contributed by atoms with E-state index in [0.717, 1.165) is 11.0 Å². The Morgan fingerprint density at radius 3 is 2.78 bits per heavy atom. The van der Waals surface area contributed by atoms with Crippen molar-refractivity contribution in [3.63, 3.8) is 0 Å². The molecule has 0 spiro atoms. The average molecular weight is 330 g/mol. The van der Waals surface area contributed by atoms with Crippen LogP contribution in [0.5, 0.6) is 0 Å². The van der Waals surface area contributed by atoms with E-state index in [1.165, 1.54) is 12.3 Å². The highest BCUT2D eigenvalue weighted by Gasteiger charge is 2.24. The first-order chi connectivity index (χ1) is 10.9. The average Bonchev–Trinajstić information content (AvgIpc) is 2.86. The Hall–Kier alpha value is -2.61. The number of carbonyl (C=O) groups is 1. The first-order valence-electron chi connectivity index (χ1n) is 6.90. The first kappa shape index (κ1) is 15.3. The third kappa shape index (κ3) is 3.42. The van der Waals surface area contributed by atoms with Gasteiger partial charge in [0.2, 0.25) is 0 Å². The number of rotatable bonds is 3. The van der Waals surface area contributed by atoms with E-state index in [2.05, 4.69) is 20.3 Å². The molecule has 1 amide bonds. The van der Waals surface area contributed by atoms with Gasteiger partial charge in [0, 0.05) is 29.6 Å². The summed E-state index contributed by atoms with van der Waals surface area (Å²) in [4.78, 5) is 24.8. The smallest absolute Gasteiger partial charge is 0.255 e. The lowest BCUT2D eigenvalue weighted by Gasteiger charge is -2.11. The molecule has 2 aromatic heterocycles. The fourth-order valence-corrected chi connectivity index (χ4v) is 3.47. The van der Waals surface area contributed by atoms with Crippen molar-refractivity contribution in [2.24, 2.45) is 0 Å². The van der Waals surface area contributed by atoms with E-state index in [1.807, 2.05) is 6.07 Å². The number of sulfone groups is 1. The largest absolute Gasteiger partial charge is 0.345 e.